The van der Waals surface area contributed by atoms with Crippen molar-refractivity contribution in [1.82, 2.24) is 5.32 Å². The number of carboxylic acids is 1. The van der Waals surface area contributed by atoms with Crippen LogP contribution in [0.4, 0.5) is 0 Å². The number of hydrogen-bond acceptors (Lipinski definition) is 8. The molecule has 6 atom stereocenters. The molecule has 10 nitrogen and oxygen atoms in total. The predicted octanol–water partition coefficient (Wildman–Crippen LogP) is -3.87. The summed E-state index contributed by atoms with van der Waals surface area (Å²) in [5.41, 5.74) is 0. The zero-order chi connectivity index (χ0) is 16.4. The van der Waals surface area contributed by atoms with Crippen molar-refractivity contribution in [1.29, 1.82) is 0 Å². The summed E-state index contributed by atoms with van der Waals surface area (Å²) in [5.74, 6) is -5.17. The smallest absolute Gasteiger partial charge is 0.364 e. The molecule has 10 heteroatoms. The van der Waals surface area contributed by atoms with Crippen LogP contribution in [-0.4, -0.2) is 85.4 Å². The Labute approximate surface area is 119 Å². The maximum atomic E-state index is 11.1. The Morgan fingerprint density at radius 1 is 1.43 bits per heavy atom. The van der Waals surface area contributed by atoms with Gasteiger partial charge in [-0.05, 0) is 0 Å². The zero-order valence-corrected chi connectivity index (χ0v) is 11.2. The zero-order valence-electron chi connectivity index (χ0n) is 11.2. The highest BCUT2D eigenvalue weighted by Crippen LogP contribution is 2.30. The second kappa shape index (κ2) is 6.64. The molecule has 0 aromatic carbocycles. The van der Waals surface area contributed by atoms with Crippen LogP contribution in [0.1, 0.15) is 13.3 Å². The maximum Gasteiger partial charge on any atom is 0.364 e. The summed E-state index contributed by atoms with van der Waals surface area (Å²) >= 11 is 0. The summed E-state index contributed by atoms with van der Waals surface area (Å²) in [6.07, 6.45) is -7.48. The second-order valence-electron chi connectivity index (χ2n) is 4.91. The van der Waals surface area contributed by atoms with Gasteiger partial charge in [-0.25, -0.2) is 4.79 Å². The van der Waals surface area contributed by atoms with Gasteiger partial charge >= 0.3 is 5.97 Å². The van der Waals surface area contributed by atoms with Crippen molar-refractivity contribution >= 4 is 11.9 Å². The van der Waals surface area contributed by atoms with Crippen LogP contribution in [0.5, 0.6) is 0 Å². The molecular weight excluding hydrogens is 290 g/mol. The Kier molecular flexibility index (Phi) is 5.61. The van der Waals surface area contributed by atoms with Gasteiger partial charge in [0.25, 0.3) is 5.79 Å². The molecule has 0 aromatic heterocycles. The number of rotatable bonds is 5. The molecule has 1 aliphatic heterocycles. The van der Waals surface area contributed by atoms with Gasteiger partial charge in [-0.3, -0.25) is 4.79 Å². The van der Waals surface area contributed by atoms with Crippen molar-refractivity contribution in [2.75, 3.05) is 6.61 Å². The van der Waals surface area contributed by atoms with E-state index in [2.05, 4.69) is 5.32 Å². The molecule has 21 heavy (non-hydrogen) atoms. The Balaban J connectivity index is 3.07. The van der Waals surface area contributed by atoms with Crippen LogP contribution in [-0.2, 0) is 14.3 Å². The first kappa shape index (κ1) is 17.8. The molecule has 1 amide bonds. The first-order valence-electron chi connectivity index (χ1n) is 6.18. The van der Waals surface area contributed by atoms with E-state index in [1.165, 1.54) is 0 Å². The number of aliphatic hydroxyl groups is 5. The quantitative estimate of drug-likeness (QED) is 0.268. The molecule has 0 saturated carbocycles. The van der Waals surface area contributed by atoms with Gasteiger partial charge < -0.3 is 40.7 Å². The molecule has 1 saturated heterocycles. The van der Waals surface area contributed by atoms with Gasteiger partial charge in [0.1, 0.15) is 18.3 Å². The SMILES string of the molecule is CC(=O)N[C@@H]1[C@@H](O)C[C@@](O)(C(=O)O)O[C@H]1C(O)C(O)CO. The van der Waals surface area contributed by atoms with E-state index in [0.29, 0.717) is 0 Å². The third-order valence-corrected chi connectivity index (χ3v) is 3.21. The summed E-state index contributed by atoms with van der Waals surface area (Å²) in [5, 5.41) is 59.0. The molecule has 1 aliphatic rings. The largest absolute Gasteiger partial charge is 0.477 e. The molecule has 2 unspecified atom stereocenters. The molecule has 0 radical (unpaired) electrons. The normalized spacial score (nSPS) is 35.8. The van der Waals surface area contributed by atoms with Gasteiger partial charge in [-0.2, -0.15) is 0 Å². The monoisotopic (exact) mass is 309 g/mol. The van der Waals surface area contributed by atoms with Gasteiger partial charge in [0.2, 0.25) is 5.91 Å². The number of carbonyl (C=O) groups is 2. The third kappa shape index (κ3) is 3.87. The summed E-state index contributed by atoms with van der Waals surface area (Å²) in [7, 11) is 0. The van der Waals surface area contributed by atoms with E-state index in [9.17, 15) is 30.0 Å². The van der Waals surface area contributed by atoms with Crippen molar-refractivity contribution in [3.8, 4) is 0 Å². The van der Waals surface area contributed by atoms with E-state index in [1.807, 2.05) is 0 Å². The fourth-order valence-electron chi connectivity index (χ4n) is 2.14. The van der Waals surface area contributed by atoms with Gasteiger partial charge in [-0.15, -0.1) is 0 Å². The van der Waals surface area contributed by atoms with E-state index < -0.39 is 61.1 Å². The first-order valence-corrected chi connectivity index (χ1v) is 6.18. The molecule has 122 valence electrons. The van der Waals surface area contributed by atoms with E-state index in [0.717, 1.165) is 6.92 Å². The van der Waals surface area contributed by atoms with E-state index in [1.54, 1.807) is 0 Å². The molecule has 1 rings (SSSR count). The third-order valence-electron chi connectivity index (χ3n) is 3.21. The second-order valence-corrected chi connectivity index (χ2v) is 4.91. The van der Waals surface area contributed by atoms with Crippen LogP contribution >= 0.6 is 0 Å². The number of aliphatic hydroxyl groups excluding tert-OH is 4. The van der Waals surface area contributed by atoms with Crippen LogP contribution in [0.2, 0.25) is 0 Å². The summed E-state index contributed by atoms with van der Waals surface area (Å²) < 4.78 is 4.86. The van der Waals surface area contributed by atoms with Crippen molar-refractivity contribution < 1.29 is 45.0 Å². The van der Waals surface area contributed by atoms with Crippen LogP contribution in [0.15, 0.2) is 0 Å². The first-order chi connectivity index (χ1) is 9.62. The van der Waals surface area contributed by atoms with Crippen molar-refractivity contribution in [3.05, 3.63) is 0 Å². The van der Waals surface area contributed by atoms with Gasteiger partial charge in [0, 0.05) is 13.3 Å². The van der Waals surface area contributed by atoms with Gasteiger partial charge in [-0.1, -0.05) is 0 Å². The Hall–Kier alpha value is -1.30. The molecule has 1 fully saturated rings. The molecular formula is C11H19NO9. The van der Waals surface area contributed by atoms with Crippen molar-refractivity contribution in [2.24, 2.45) is 0 Å². The molecule has 0 bridgehead atoms. The lowest BCUT2D eigenvalue weighted by atomic mass is 9.88. The Morgan fingerprint density at radius 2 is 2.00 bits per heavy atom. The van der Waals surface area contributed by atoms with E-state index in [4.69, 9.17) is 14.9 Å². The fourth-order valence-corrected chi connectivity index (χ4v) is 2.14. The minimum atomic E-state index is -2.78. The molecule has 0 spiro atoms. The highest BCUT2D eigenvalue weighted by molar-refractivity contribution is 5.76. The van der Waals surface area contributed by atoms with Gasteiger partial charge in [0.15, 0.2) is 0 Å². The summed E-state index contributed by atoms with van der Waals surface area (Å²) in [4.78, 5) is 22.1. The highest BCUT2D eigenvalue weighted by Gasteiger charge is 2.53. The number of nitrogens with one attached hydrogen (secondary N) is 1. The van der Waals surface area contributed by atoms with E-state index in [-0.39, 0.29) is 0 Å². The molecule has 7 N–H and O–H groups in total. The van der Waals surface area contributed by atoms with Gasteiger partial charge in [0.05, 0.1) is 18.8 Å². The van der Waals surface area contributed by atoms with Crippen LogP contribution < -0.4 is 5.32 Å². The van der Waals surface area contributed by atoms with Crippen molar-refractivity contribution in [2.45, 2.75) is 49.6 Å². The number of carbonyl (C=O) groups excluding carboxylic acids is 1. The molecule has 0 aromatic rings. The minimum Gasteiger partial charge on any atom is -0.477 e. The lowest BCUT2D eigenvalue weighted by Crippen LogP contribution is -2.67. The average Bonchev–Trinajstić information content (AvgIpc) is 2.39. The molecule has 1 heterocycles. The predicted molar refractivity (Wildman–Crippen MR) is 64.8 cm³/mol. The molecule has 0 aliphatic carbocycles. The minimum absolute atomic E-state index is 0.598. The lowest BCUT2D eigenvalue weighted by molar-refractivity contribution is -0.295. The van der Waals surface area contributed by atoms with Crippen LogP contribution in [0.3, 0.4) is 0 Å². The number of amides is 1. The number of aliphatic carboxylic acids is 1. The number of ether oxygens (including phenoxy) is 1. The number of hydrogen-bond donors (Lipinski definition) is 7. The topological polar surface area (TPSA) is 177 Å². The average molecular weight is 309 g/mol. The van der Waals surface area contributed by atoms with Crippen LogP contribution in [0, 0.1) is 0 Å². The Morgan fingerprint density at radius 3 is 2.43 bits per heavy atom. The lowest BCUT2D eigenvalue weighted by Gasteiger charge is -2.44. The summed E-state index contributed by atoms with van der Waals surface area (Å²) in [6, 6.07) is -1.27. The maximum absolute atomic E-state index is 11.1. The Bertz CT molecular complexity index is 403. The van der Waals surface area contributed by atoms with Crippen LogP contribution in [0.25, 0.3) is 0 Å². The summed E-state index contributed by atoms with van der Waals surface area (Å²) in [6.45, 7) is 0.256. The van der Waals surface area contributed by atoms with Crippen molar-refractivity contribution in [3.63, 3.8) is 0 Å². The number of carboxylic acid groups (broad SMARTS) is 1. The van der Waals surface area contributed by atoms with E-state index >= 15 is 0 Å². The highest BCUT2D eigenvalue weighted by atomic mass is 16.7. The fraction of sp³-hybridized carbons (Fsp3) is 0.818. The standard InChI is InChI=1S/C11H19NO9/c1-4(14)12-7-5(15)2-11(20,10(18)19)21-9(7)8(17)6(16)3-13/h5-9,13,15-17,20H,2-3H2,1H3,(H,12,14)(H,18,19)/t5-,6?,7+,8?,9+,11-/m0/s1.